The zero-order valence-corrected chi connectivity index (χ0v) is 16.3. The van der Waals surface area contributed by atoms with Crippen molar-refractivity contribution in [2.24, 2.45) is 0 Å². The highest BCUT2D eigenvalue weighted by Gasteiger charge is 2.34. The molecular formula is C22H28F3N3. The lowest BCUT2D eigenvalue weighted by atomic mass is 9.95. The van der Waals surface area contributed by atoms with Gasteiger partial charge in [-0.2, -0.15) is 13.2 Å². The molecule has 1 N–H and O–H groups in total. The minimum Gasteiger partial charge on any atom is -0.308 e. The Balaban J connectivity index is 1.72. The maximum atomic E-state index is 13.4. The fraction of sp³-hybridized carbons (Fsp3) is 0.500. The largest absolute Gasteiger partial charge is 0.418 e. The summed E-state index contributed by atoms with van der Waals surface area (Å²) in [6, 6.07) is 11.1. The molecule has 0 saturated carbocycles. The number of pyridine rings is 1. The smallest absolute Gasteiger partial charge is 0.308 e. The summed E-state index contributed by atoms with van der Waals surface area (Å²) >= 11 is 0. The molecule has 0 bridgehead atoms. The molecule has 0 unspecified atom stereocenters. The first-order chi connectivity index (χ1) is 13.5. The predicted octanol–water partition coefficient (Wildman–Crippen LogP) is 4.81. The molecule has 28 heavy (non-hydrogen) atoms. The highest BCUT2D eigenvalue weighted by Crippen LogP contribution is 2.31. The normalized spacial score (nSPS) is 17.0. The van der Waals surface area contributed by atoms with Crippen molar-refractivity contribution in [2.75, 3.05) is 13.1 Å². The van der Waals surface area contributed by atoms with Crippen LogP contribution in [0.5, 0.6) is 0 Å². The summed E-state index contributed by atoms with van der Waals surface area (Å²) in [6.45, 7) is 4.65. The molecule has 152 valence electrons. The Bertz CT molecular complexity index is 761. The first-order valence-corrected chi connectivity index (χ1v) is 10.0. The van der Waals surface area contributed by atoms with E-state index in [1.165, 1.54) is 23.4 Å². The van der Waals surface area contributed by atoms with E-state index in [2.05, 4.69) is 34.3 Å². The third kappa shape index (κ3) is 5.55. The summed E-state index contributed by atoms with van der Waals surface area (Å²) in [5, 5.41) is 3.54. The number of fused-ring (bicyclic) bond motifs is 1. The lowest BCUT2D eigenvalue weighted by Gasteiger charge is -2.32. The van der Waals surface area contributed by atoms with Crippen LogP contribution < -0.4 is 5.32 Å². The molecule has 0 spiro atoms. The number of unbranched alkanes of at least 4 members (excludes halogenated alkanes) is 2. The summed E-state index contributed by atoms with van der Waals surface area (Å²) in [7, 11) is 0. The quantitative estimate of drug-likeness (QED) is 0.655. The summed E-state index contributed by atoms with van der Waals surface area (Å²) < 4.78 is 40.1. The van der Waals surface area contributed by atoms with Crippen LogP contribution in [-0.4, -0.2) is 29.0 Å². The number of nitrogens with zero attached hydrogens (tertiary/aromatic N) is 2. The van der Waals surface area contributed by atoms with Crippen LogP contribution in [0.15, 0.2) is 42.6 Å². The van der Waals surface area contributed by atoms with Crippen LogP contribution in [-0.2, 0) is 25.7 Å². The number of hydrogen-bond donors (Lipinski definition) is 1. The average Bonchev–Trinajstić information content (AvgIpc) is 2.67. The molecule has 3 nitrogen and oxygen atoms in total. The van der Waals surface area contributed by atoms with Crippen molar-refractivity contribution in [1.29, 1.82) is 0 Å². The van der Waals surface area contributed by atoms with Crippen LogP contribution in [0.3, 0.4) is 0 Å². The van der Waals surface area contributed by atoms with Crippen molar-refractivity contribution in [3.05, 3.63) is 65.0 Å². The molecule has 0 amide bonds. The van der Waals surface area contributed by atoms with E-state index >= 15 is 0 Å². The number of nitrogens with one attached hydrogen (secondary N) is 1. The maximum absolute atomic E-state index is 13.4. The van der Waals surface area contributed by atoms with E-state index in [0.29, 0.717) is 6.54 Å². The predicted molar refractivity (Wildman–Crippen MR) is 105 cm³/mol. The second-order valence-corrected chi connectivity index (χ2v) is 7.49. The molecule has 0 fully saturated rings. The molecule has 1 aliphatic rings. The SMILES string of the molecule is CCCCCN(Cc1ncccc1C(F)(F)F)C[C@H]1Cc2ccccc2CN1. The lowest BCUT2D eigenvalue weighted by Crippen LogP contribution is -2.45. The number of aromatic nitrogens is 1. The number of benzene rings is 1. The third-order valence-corrected chi connectivity index (χ3v) is 5.29. The molecule has 1 aromatic carbocycles. The summed E-state index contributed by atoms with van der Waals surface area (Å²) in [5.74, 6) is 0. The molecule has 1 atom stereocenters. The van der Waals surface area contributed by atoms with Gasteiger partial charge in [0.2, 0.25) is 0 Å². The minimum atomic E-state index is -4.37. The zero-order chi connectivity index (χ0) is 20.0. The van der Waals surface area contributed by atoms with Crippen molar-refractivity contribution in [2.45, 2.75) is 57.9 Å². The van der Waals surface area contributed by atoms with Crippen molar-refractivity contribution in [3.63, 3.8) is 0 Å². The van der Waals surface area contributed by atoms with Gasteiger partial charge in [-0.3, -0.25) is 9.88 Å². The minimum absolute atomic E-state index is 0.114. The van der Waals surface area contributed by atoms with Crippen LogP contribution in [0.1, 0.15) is 48.6 Å². The van der Waals surface area contributed by atoms with Gasteiger partial charge >= 0.3 is 6.18 Å². The molecular weight excluding hydrogens is 363 g/mol. The van der Waals surface area contributed by atoms with Crippen molar-refractivity contribution < 1.29 is 13.2 Å². The molecule has 3 rings (SSSR count). The van der Waals surface area contributed by atoms with E-state index in [1.54, 1.807) is 0 Å². The first kappa shape index (κ1) is 20.8. The van der Waals surface area contributed by atoms with Crippen LogP contribution >= 0.6 is 0 Å². The maximum Gasteiger partial charge on any atom is 0.418 e. The molecule has 1 aromatic heterocycles. The second-order valence-electron chi connectivity index (χ2n) is 7.49. The van der Waals surface area contributed by atoms with Gasteiger partial charge in [-0.25, -0.2) is 0 Å². The van der Waals surface area contributed by atoms with Crippen LogP contribution in [0, 0.1) is 0 Å². The topological polar surface area (TPSA) is 28.2 Å². The van der Waals surface area contributed by atoms with E-state index in [0.717, 1.165) is 44.8 Å². The van der Waals surface area contributed by atoms with Gasteiger partial charge in [-0.05, 0) is 42.6 Å². The Morgan fingerprint density at radius 3 is 2.64 bits per heavy atom. The molecule has 6 heteroatoms. The standard InChI is InChI=1S/C22H28F3N3/c1-2-3-6-12-28(16-21-20(22(23,24)25)10-7-11-26-21)15-19-13-17-8-4-5-9-18(17)14-27-19/h4-5,7-11,19,27H,2-3,6,12-16H2,1H3/t19-/m1/s1. The fourth-order valence-corrected chi connectivity index (χ4v) is 3.82. The summed E-state index contributed by atoms with van der Waals surface area (Å²) in [5.41, 5.74) is 2.12. The van der Waals surface area contributed by atoms with Crippen molar-refractivity contribution in [1.82, 2.24) is 15.2 Å². The Morgan fingerprint density at radius 1 is 1.11 bits per heavy atom. The van der Waals surface area contributed by atoms with Gasteiger partial charge in [0.25, 0.3) is 0 Å². The van der Waals surface area contributed by atoms with Gasteiger partial charge in [-0.15, -0.1) is 0 Å². The van der Waals surface area contributed by atoms with E-state index in [9.17, 15) is 13.2 Å². The number of halogens is 3. The summed E-state index contributed by atoms with van der Waals surface area (Å²) in [4.78, 5) is 6.18. The van der Waals surface area contributed by atoms with Gasteiger partial charge in [0.05, 0.1) is 11.3 Å². The second kappa shape index (κ2) is 9.52. The molecule has 0 aliphatic carbocycles. The highest BCUT2D eigenvalue weighted by molar-refractivity contribution is 5.30. The van der Waals surface area contributed by atoms with Gasteiger partial charge in [0, 0.05) is 31.9 Å². The van der Waals surface area contributed by atoms with E-state index < -0.39 is 11.7 Å². The van der Waals surface area contributed by atoms with E-state index in [1.807, 2.05) is 12.1 Å². The molecule has 1 aliphatic heterocycles. The lowest BCUT2D eigenvalue weighted by molar-refractivity contribution is -0.138. The van der Waals surface area contributed by atoms with Crippen LogP contribution in [0.25, 0.3) is 0 Å². The van der Waals surface area contributed by atoms with Crippen molar-refractivity contribution in [3.8, 4) is 0 Å². The Labute approximate surface area is 165 Å². The number of hydrogen-bond acceptors (Lipinski definition) is 3. The fourth-order valence-electron chi connectivity index (χ4n) is 3.82. The average molecular weight is 391 g/mol. The van der Waals surface area contributed by atoms with Gasteiger partial charge < -0.3 is 5.32 Å². The Hall–Kier alpha value is -1.92. The Morgan fingerprint density at radius 2 is 1.89 bits per heavy atom. The number of alkyl halides is 3. The highest BCUT2D eigenvalue weighted by atomic mass is 19.4. The van der Waals surface area contributed by atoms with E-state index in [-0.39, 0.29) is 18.3 Å². The van der Waals surface area contributed by atoms with Crippen LogP contribution in [0.4, 0.5) is 13.2 Å². The van der Waals surface area contributed by atoms with Gasteiger partial charge in [-0.1, -0.05) is 44.0 Å². The monoisotopic (exact) mass is 391 g/mol. The Kier molecular flexibility index (Phi) is 7.08. The number of rotatable bonds is 8. The first-order valence-electron chi connectivity index (χ1n) is 10.0. The molecule has 2 heterocycles. The molecule has 0 saturated heterocycles. The van der Waals surface area contributed by atoms with E-state index in [4.69, 9.17) is 0 Å². The summed E-state index contributed by atoms with van der Waals surface area (Å²) in [6.07, 6.45) is 1.11. The molecule has 2 aromatic rings. The van der Waals surface area contributed by atoms with Crippen molar-refractivity contribution >= 4 is 0 Å². The van der Waals surface area contributed by atoms with Gasteiger partial charge in [0.1, 0.15) is 0 Å². The molecule has 0 radical (unpaired) electrons. The zero-order valence-electron chi connectivity index (χ0n) is 16.3. The third-order valence-electron chi connectivity index (χ3n) is 5.29. The van der Waals surface area contributed by atoms with Crippen LogP contribution in [0.2, 0.25) is 0 Å². The van der Waals surface area contributed by atoms with Gasteiger partial charge in [0.15, 0.2) is 0 Å².